The number of methoxy groups -OCH3 is 2. The summed E-state index contributed by atoms with van der Waals surface area (Å²) in [6.45, 7) is 0.542. The topological polar surface area (TPSA) is 104 Å². The molecule has 0 aromatic heterocycles. The molecule has 0 aromatic rings. The predicted octanol–water partition coefficient (Wildman–Crippen LogP) is 0.841. The maximum atomic E-state index is 10.1. The fourth-order valence-electron chi connectivity index (χ4n) is 3.73. The van der Waals surface area contributed by atoms with Crippen LogP contribution in [0.5, 0.6) is 0 Å². The van der Waals surface area contributed by atoms with Crippen molar-refractivity contribution in [3.05, 3.63) is 0 Å². The molecule has 2 fully saturated rings. The summed E-state index contributed by atoms with van der Waals surface area (Å²) >= 11 is 0. The lowest BCUT2D eigenvalue weighted by Gasteiger charge is -2.30. The van der Waals surface area contributed by atoms with E-state index < -0.39 is 18.3 Å². The van der Waals surface area contributed by atoms with Crippen LogP contribution >= 0.6 is 0 Å². The van der Waals surface area contributed by atoms with Crippen LogP contribution in [0, 0.1) is 11.8 Å². The zero-order chi connectivity index (χ0) is 18.9. The molecule has 0 amide bonds. The molecule has 0 saturated heterocycles. The van der Waals surface area contributed by atoms with E-state index in [0.717, 1.165) is 25.7 Å². The lowest BCUT2D eigenvalue weighted by atomic mass is 9.85. The first-order chi connectivity index (χ1) is 12.5. The largest absolute Gasteiger partial charge is 0.392 e. The van der Waals surface area contributed by atoms with Crippen LogP contribution in [0.2, 0.25) is 0 Å². The third-order valence-corrected chi connectivity index (χ3v) is 5.53. The third-order valence-electron chi connectivity index (χ3n) is 5.53. The van der Waals surface area contributed by atoms with Crippen molar-refractivity contribution in [1.29, 1.82) is 0 Å². The zero-order valence-corrected chi connectivity index (χ0v) is 15.9. The summed E-state index contributed by atoms with van der Waals surface area (Å²) in [6.07, 6.45) is 7.07. The van der Waals surface area contributed by atoms with Gasteiger partial charge in [0.15, 0.2) is 0 Å². The molecule has 0 aliphatic heterocycles. The molecule has 7 heteroatoms. The average Bonchev–Trinajstić information content (AvgIpc) is 2.64. The van der Waals surface area contributed by atoms with Gasteiger partial charge in [-0.1, -0.05) is 0 Å². The Labute approximate surface area is 156 Å². The monoisotopic (exact) mass is 370 g/mol. The molecule has 6 unspecified atom stereocenters. The minimum Gasteiger partial charge on any atom is -0.392 e. The summed E-state index contributed by atoms with van der Waals surface area (Å²) in [5.74, 6) is 0.0615. The van der Waals surface area contributed by atoms with Crippen molar-refractivity contribution in [2.24, 2.45) is 21.8 Å². The standard InChI is InChI=1S/C19H34N2O5/c1-25-16-5-3-13(18(23)7-16)9-20-11-15(22)12-21-10-14-4-6-17(26-2)8-19(14)24/h9-10,13-19,22-24H,3-8,11-12H2,1-2H3. The van der Waals surface area contributed by atoms with Crippen LogP contribution in [-0.2, 0) is 9.47 Å². The van der Waals surface area contributed by atoms with Gasteiger partial charge in [-0.15, -0.1) is 0 Å². The van der Waals surface area contributed by atoms with Gasteiger partial charge in [-0.05, 0) is 25.7 Å². The Kier molecular flexibility index (Phi) is 9.15. The van der Waals surface area contributed by atoms with Crippen molar-refractivity contribution in [2.45, 2.75) is 69.0 Å². The molecular weight excluding hydrogens is 336 g/mol. The van der Waals surface area contributed by atoms with Gasteiger partial charge >= 0.3 is 0 Å². The van der Waals surface area contributed by atoms with E-state index in [4.69, 9.17) is 9.47 Å². The van der Waals surface area contributed by atoms with E-state index in [1.807, 2.05) is 0 Å². The number of ether oxygens (including phenoxy) is 2. The van der Waals surface area contributed by atoms with Gasteiger partial charge in [0.1, 0.15) is 0 Å². The average molecular weight is 370 g/mol. The summed E-state index contributed by atoms with van der Waals surface area (Å²) < 4.78 is 10.6. The smallest absolute Gasteiger partial charge is 0.0929 e. The maximum Gasteiger partial charge on any atom is 0.0929 e. The Balaban J connectivity index is 1.66. The van der Waals surface area contributed by atoms with Crippen molar-refractivity contribution in [1.82, 2.24) is 0 Å². The van der Waals surface area contributed by atoms with Crippen molar-refractivity contribution in [2.75, 3.05) is 27.3 Å². The van der Waals surface area contributed by atoms with E-state index in [0.29, 0.717) is 12.8 Å². The molecule has 0 radical (unpaired) electrons. The molecule has 0 heterocycles. The number of hydrogen-bond acceptors (Lipinski definition) is 7. The fourth-order valence-corrected chi connectivity index (χ4v) is 3.73. The molecule has 0 spiro atoms. The van der Waals surface area contributed by atoms with Crippen LogP contribution in [0.4, 0.5) is 0 Å². The molecule has 0 aromatic carbocycles. The number of aliphatic hydroxyl groups excluding tert-OH is 3. The quantitative estimate of drug-likeness (QED) is 0.549. The first-order valence-electron chi connectivity index (χ1n) is 9.63. The number of hydrogen-bond donors (Lipinski definition) is 3. The van der Waals surface area contributed by atoms with E-state index in [9.17, 15) is 15.3 Å². The van der Waals surface area contributed by atoms with E-state index in [1.54, 1.807) is 26.6 Å². The summed E-state index contributed by atoms with van der Waals surface area (Å²) in [6, 6.07) is 0. The lowest BCUT2D eigenvalue weighted by Crippen LogP contribution is -2.34. The van der Waals surface area contributed by atoms with Crippen LogP contribution in [0.25, 0.3) is 0 Å². The van der Waals surface area contributed by atoms with Gasteiger partial charge in [0.2, 0.25) is 0 Å². The Bertz CT molecular complexity index is 419. The molecule has 7 nitrogen and oxygen atoms in total. The van der Waals surface area contributed by atoms with Crippen molar-refractivity contribution < 1.29 is 24.8 Å². The molecular formula is C19H34N2O5. The normalized spacial score (nSPS) is 37.4. The summed E-state index contributed by atoms with van der Waals surface area (Å²) in [7, 11) is 3.34. The first-order valence-corrected chi connectivity index (χ1v) is 9.63. The second-order valence-electron chi connectivity index (χ2n) is 7.49. The highest BCUT2D eigenvalue weighted by Gasteiger charge is 2.28. The van der Waals surface area contributed by atoms with Gasteiger partial charge in [0.05, 0.1) is 43.6 Å². The molecule has 2 aliphatic rings. The molecule has 26 heavy (non-hydrogen) atoms. The van der Waals surface area contributed by atoms with Crippen LogP contribution in [0.3, 0.4) is 0 Å². The van der Waals surface area contributed by atoms with Crippen molar-refractivity contribution >= 4 is 12.4 Å². The number of nitrogens with zero attached hydrogens (tertiary/aromatic N) is 2. The molecule has 0 bridgehead atoms. The summed E-state index contributed by atoms with van der Waals surface area (Å²) in [5.41, 5.74) is 0. The molecule has 2 aliphatic carbocycles. The minimum absolute atomic E-state index is 0.0308. The van der Waals surface area contributed by atoms with Gasteiger partial charge < -0.3 is 24.8 Å². The number of rotatable bonds is 8. The zero-order valence-electron chi connectivity index (χ0n) is 15.9. The van der Waals surface area contributed by atoms with Crippen LogP contribution in [-0.4, -0.2) is 85.6 Å². The maximum absolute atomic E-state index is 10.1. The van der Waals surface area contributed by atoms with E-state index in [1.165, 1.54) is 0 Å². The Morgan fingerprint density at radius 2 is 1.27 bits per heavy atom. The van der Waals surface area contributed by atoms with Gasteiger partial charge in [-0.2, -0.15) is 0 Å². The van der Waals surface area contributed by atoms with Crippen LogP contribution in [0.15, 0.2) is 9.98 Å². The second kappa shape index (κ2) is 11.1. The van der Waals surface area contributed by atoms with E-state index >= 15 is 0 Å². The number of aliphatic imine (C=N–C) groups is 2. The third kappa shape index (κ3) is 6.70. The highest BCUT2D eigenvalue weighted by atomic mass is 16.5. The van der Waals surface area contributed by atoms with Gasteiger partial charge in [0.25, 0.3) is 0 Å². The first kappa shape index (κ1) is 21.4. The van der Waals surface area contributed by atoms with Crippen LogP contribution in [0.1, 0.15) is 38.5 Å². The van der Waals surface area contributed by atoms with Gasteiger partial charge in [-0.25, -0.2) is 0 Å². The Morgan fingerprint density at radius 3 is 1.62 bits per heavy atom. The van der Waals surface area contributed by atoms with E-state index in [2.05, 4.69) is 9.98 Å². The fraction of sp³-hybridized carbons (Fsp3) is 0.895. The van der Waals surface area contributed by atoms with E-state index in [-0.39, 0.29) is 37.1 Å². The minimum atomic E-state index is -0.651. The highest BCUT2D eigenvalue weighted by molar-refractivity contribution is 5.62. The molecule has 150 valence electrons. The predicted molar refractivity (Wildman–Crippen MR) is 101 cm³/mol. The molecule has 6 atom stereocenters. The molecule has 2 saturated carbocycles. The SMILES string of the molecule is COC1CCC(C=NCC(O)CN=CC2CCC(OC)CC2O)C(O)C1. The molecule has 3 N–H and O–H groups in total. The second-order valence-corrected chi connectivity index (χ2v) is 7.49. The lowest BCUT2D eigenvalue weighted by molar-refractivity contribution is -0.00255. The van der Waals surface area contributed by atoms with Gasteiger partial charge in [0, 0.05) is 51.3 Å². The Morgan fingerprint density at radius 1 is 0.846 bits per heavy atom. The summed E-state index contributed by atoms with van der Waals surface area (Å²) in [4.78, 5) is 8.56. The summed E-state index contributed by atoms with van der Waals surface area (Å²) in [5, 5.41) is 30.2. The number of aliphatic hydroxyl groups is 3. The van der Waals surface area contributed by atoms with Crippen LogP contribution < -0.4 is 0 Å². The highest BCUT2D eigenvalue weighted by Crippen LogP contribution is 2.26. The van der Waals surface area contributed by atoms with Crippen molar-refractivity contribution in [3.63, 3.8) is 0 Å². The molecule has 2 rings (SSSR count). The Hall–Kier alpha value is -0.860. The van der Waals surface area contributed by atoms with Crippen molar-refractivity contribution in [3.8, 4) is 0 Å². The van der Waals surface area contributed by atoms with Gasteiger partial charge in [-0.3, -0.25) is 9.98 Å².